The molecule has 4 nitrogen and oxygen atoms in total. The molecule has 0 aliphatic rings. The normalized spacial score (nSPS) is 16.3. The third kappa shape index (κ3) is 4.91. The lowest BCUT2D eigenvalue weighted by Gasteiger charge is -2.23. The number of rotatable bonds is 9. The van der Waals surface area contributed by atoms with Crippen LogP contribution in [0.15, 0.2) is 12.3 Å². The maximum atomic E-state index is 14.7. The van der Waals surface area contributed by atoms with E-state index in [2.05, 4.69) is 18.9 Å². The predicted octanol–water partition coefficient (Wildman–Crippen LogP) is 2.49. The van der Waals surface area contributed by atoms with Gasteiger partial charge in [-0.3, -0.25) is 4.68 Å². The lowest BCUT2D eigenvalue weighted by molar-refractivity contribution is 0.0326. The maximum absolute atomic E-state index is 14.7. The van der Waals surface area contributed by atoms with Crippen molar-refractivity contribution in [1.29, 1.82) is 0 Å². The standard InChI is InChI=1S/C14H26FN3O/c1-4-12(2)18-9-6-13(17-18)10-14(15,11-19-3)7-5-8-16/h6,9,12H,4-5,7-8,10-11,16H2,1-3H3. The van der Waals surface area contributed by atoms with Crippen molar-refractivity contribution in [3.63, 3.8) is 0 Å². The second-order valence-corrected chi connectivity index (χ2v) is 5.20. The Morgan fingerprint density at radius 1 is 1.58 bits per heavy atom. The first-order valence-electron chi connectivity index (χ1n) is 6.96. The van der Waals surface area contributed by atoms with Gasteiger partial charge in [-0.2, -0.15) is 5.10 Å². The Morgan fingerprint density at radius 3 is 2.89 bits per heavy atom. The van der Waals surface area contributed by atoms with E-state index in [4.69, 9.17) is 10.5 Å². The van der Waals surface area contributed by atoms with Gasteiger partial charge in [0.05, 0.1) is 12.3 Å². The largest absolute Gasteiger partial charge is 0.381 e. The Morgan fingerprint density at radius 2 is 2.32 bits per heavy atom. The second kappa shape index (κ2) is 7.60. The van der Waals surface area contributed by atoms with Gasteiger partial charge in [0.1, 0.15) is 5.67 Å². The number of ether oxygens (including phenoxy) is 1. The molecule has 0 bridgehead atoms. The average Bonchev–Trinajstić information content (AvgIpc) is 2.84. The third-order valence-electron chi connectivity index (χ3n) is 3.44. The Labute approximate surface area is 115 Å². The Bertz CT molecular complexity index is 369. The molecule has 2 atom stereocenters. The Hall–Kier alpha value is -0.940. The van der Waals surface area contributed by atoms with Gasteiger partial charge in [0, 0.05) is 25.8 Å². The minimum atomic E-state index is -1.37. The molecule has 0 amide bonds. The van der Waals surface area contributed by atoms with Crippen molar-refractivity contribution in [2.75, 3.05) is 20.3 Å². The molecule has 0 fully saturated rings. The molecule has 0 radical (unpaired) electrons. The van der Waals surface area contributed by atoms with Crippen LogP contribution in [0.25, 0.3) is 0 Å². The predicted molar refractivity (Wildman–Crippen MR) is 74.9 cm³/mol. The summed E-state index contributed by atoms with van der Waals surface area (Å²) in [5.41, 5.74) is 4.86. The third-order valence-corrected chi connectivity index (χ3v) is 3.44. The number of nitrogens with zero attached hydrogens (tertiary/aromatic N) is 2. The van der Waals surface area contributed by atoms with Crippen molar-refractivity contribution in [3.8, 4) is 0 Å². The van der Waals surface area contributed by atoms with Crippen LogP contribution in [-0.2, 0) is 11.2 Å². The number of aromatic nitrogens is 2. The fourth-order valence-corrected chi connectivity index (χ4v) is 2.12. The summed E-state index contributed by atoms with van der Waals surface area (Å²) >= 11 is 0. The minimum Gasteiger partial charge on any atom is -0.381 e. The maximum Gasteiger partial charge on any atom is 0.139 e. The van der Waals surface area contributed by atoms with Gasteiger partial charge in [-0.15, -0.1) is 0 Å². The molecule has 1 aromatic rings. The SMILES string of the molecule is CCC(C)n1ccc(CC(F)(CCCN)COC)n1. The Balaban J connectivity index is 2.70. The number of halogens is 1. The molecule has 0 aromatic carbocycles. The van der Waals surface area contributed by atoms with Crippen molar-refractivity contribution < 1.29 is 9.13 Å². The summed E-state index contributed by atoms with van der Waals surface area (Å²) < 4.78 is 21.6. The number of hydrogen-bond acceptors (Lipinski definition) is 3. The first kappa shape index (κ1) is 16.1. The van der Waals surface area contributed by atoms with Crippen molar-refractivity contribution in [2.45, 2.75) is 51.2 Å². The first-order valence-corrected chi connectivity index (χ1v) is 6.96. The van der Waals surface area contributed by atoms with Crippen molar-refractivity contribution in [1.82, 2.24) is 9.78 Å². The van der Waals surface area contributed by atoms with Crippen LogP contribution in [-0.4, -0.2) is 35.7 Å². The van der Waals surface area contributed by atoms with Gasteiger partial charge in [-0.25, -0.2) is 4.39 Å². The van der Waals surface area contributed by atoms with Gasteiger partial charge in [0.25, 0.3) is 0 Å². The van der Waals surface area contributed by atoms with E-state index in [0.29, 0.717) is 25.4 Å². The van der Waals surface area contributed by atoms with E-state index in [1.54, 1.807) is 0 Å². The molecule has 1 heterocycles. The first-order chi connectivity index (χ1) is 9.04. The minimum absolute atomic E-state index is 0.0865. The highest BCUT2D eigenvalue weighted by Crippen LogP contribution is 2.24. The van der Waals surface area contributed by atoms with E-state index in [-0.39, 0.29) is 13.0 Å². The number of hydrogen-bond donors (Lipinski definition) is 1. The topological polar surface area (TPSA) is 53.1 Å². The molecule has 1 aromatic heterocycles. The zero-order valence-corrected chi connectivity index (χ0v) is 12.2. The highest BCUT2D eigenvalue weighted by atomic mass is 19.1. The molecular weight excluding hydrogens is 245 g/mol. The molecular formula is C14H26FN3O. The van der Waals surface area contributed by atoms with Gasteiger partial charge >= 0.3 is 0 Å². The quantitative estimate of drug-likeness (QED) is 0.750. The van der Waals surface area contributed by atoms with Crippen LogP contribution in [0.3, 0.4) is 0 Å². The van der Waals surface area contributed by atoms with Gasteiger partial charge in [-0.1, -0.05) is 6.92 Å². The monoisotopic (exact) mass is 271 g/mol. The summed E-state index contributed by atoms with van der Waals surface area (Å²) in [7, 11) is 1.52. The molecule has 19 heavy (non-hydrogen) atoms. The molecule has 0 saturated carbocycles. The van der Waals surface area contributed by atoms with E-state index in [1.807, 2.05) is 16.9 Å². The summed E-state index contributed by atoms with van der Waals surface area (Å²) in [6, 6.07) is 2.23. The zero-order chi connectivity index (χ0) is 14.3. The summed E-state index contributed by atoms with van der Waals surface area (Å²) in [5, 5.41) is 4.45. The van der Waals surface area contributed by atoms with Crippen LogP contribution < -0.4 is 5.73 Å². The molecule has 2 N–H and O–H groups in total. The van der Waals surface area contributed by atoms with E-state index in [1.165, 1.54) is 7.11 Å². The van der Waals surface area contributed by atoms with Crippen molar-refractivity contribution >= 4 is 0 Å². The van der Waals surface area contributed by atoms with E-state index < -0.39 is 5.67 Å². The van der Waals surface area contributed by atoms with Gasteiger partial charge < -0.3 is 10.5 Å². The van der Waals surface area contributed by atoms with Crippen LogP contribution in [0, 0.1) is 0 Å². The fourth-order valence-electron chi connectivity index (χ4n) is 2.12. The van der Waals surface area contributed by atoms with Crippen molar-refractivity contribution in [2.24, 2.45) is 5.73 Å². The second-order valence-electron chi connectivity index (χ2n) is 5.20. The van der Waals surface area contributed by atoms with Crippen LogP contribution >= 0.6 is 0 Å². The van der Waals surface area contributed by atoms with Crippen LogP contribution in [0.5, 0.6) is 0 Å². The number of nitrogens with two attached hydrogens (primary N) is 1. The van der Waals surface area contributed by atoms with Gasteiger partial charge in [0.15, 0.2) is 0 Å². The molecule has 1 rings (SSSR count). The molecule has 2 unspecified atom stereocenters. The molecule has 110 valence electrons. The van der Waals surface area contributed by atoms with Gasteiger partial charge in [-0.05, 0) is 38.8 Å². The van der Waals surface area contributed by atoms with E-state index in [0.717, 1.165) is 12.1 Å². The van der Waals surface area contributed by atoms with Crippen LogP contribution in [0.2, 0.25) is 0 Å². The Kier molecular flexibility index (Phi) is 6.45. The summed E-state index contributed by atoms with van der Waals surface area (Å²) in [6.07, 6.45) is 4.27. The van der Waals surface area contributed by atoms with Crippen LogP contribution in [0.1, 0.15) is 44.8 Å². The fraction of sp³-hybridized carbons (Fsp3) is 0.786. The van der Waals surface area contributed by atoms with E-state index in [9.17, 15) is 4.39 Å². The lowest BCUT2D eigenvalue weighted by atomic mass is 9.95. The molecule has 5 heteroatoms. The highest BCUT2D eigenvalue weighted by Gasteiger charge is 2.30. The molecule has 0 aliphatic heterocycles. The van der Waals surface area contributed by atoms with E-state index >= 15 is 0 Å². The summed E-state index contributed by atoms with van der Waals surface area (Å²) in [6.45, 7) is 4.79. The summed E-state index contributed by atoms with van der Waals surface area (Å²) in [4.78, 5) is 0. The highest BCUT2D eigenvalue weighted by molar-refractivity contribution is 5.05. The molecule has 0 saturated heterocycles. The smallest absolute Gasteiger partial charge is 0.139 e. The summed E-state index contributed by atoms with van der Waals surface area (Å²) in [5.74, 6) is 0. The molecule has 0 spiro atoms. The zero-order valence-electron chi connectivity index (χ0n) is 12.2. The number of alkyl halides is 1. The van der Waals surface area contributed by atoms with Gasteiger partial charge in [0.2, 0.25) is 0 Å². The number of methoxy groups -OCH3 is 1. The average molecular weight is 271 g/mol. The van der Waals surface area contributed by atoms with Crippen LogP contribution in [0.4, 0.5) is 4.39 Å². The van der Waals surface area contributed by atoms with Crippen molar-refractivity contribution in [3.05, 3.63) is 18.0 Å². The molecule has 0 aliphatic carbocycles. The lowest BCUT2D eigenvalue weighted by Crippen LogP contribution is -2.32.